The van der Waals surface area contributed by atoms with Gasteiger partial charge in [-0.05, 0) is 13.3 Å². The van der Waals surface area contributed by atoms with Crippen LogP contribution in [-0.4, -0.2) is 28.9 Å². The van der Waals surface area contributed by atoms with Crippen LogP contribution >= 0.6 is 0 Å². The van der Waals surface area contributed by atoms with Crippen molar-refractivity contribution in [2.75, 3.05) is 12.4 Å². The number of ether oxygens (including phenoxy) is 1. The minimum Gasteiger partial charge on any atom is -0.469 e. The van der Waals surface area contributed by atoms with Crippen molar-refractivity contribution in [2.45, 2.75) is 25.3 Å². The molecule has 5 nitrogen and oxygen atoms in total. The van der Waals surface area contributed by atoms with Gasteiger partial charge in [0.05, 0.1) is 19.2 Å². The van der Waals surface area contributed by atoms with Crippen LogP contribution in [0.2, 0.25) is 0 Å². The Morgan fingerprint density at radius 3 is 3.13 bits per heavy atom. The Labute approximate surface area is 88.4 Å². The Hall–Kier alpha value is -1.52. The molecule has 2 heterocycles. The van der Waals surface area contributed by atoms with E-state index in [1.165, 1.54) is 7.11 Å². The van der Waals surface area contributed by atoms with E-state index >= 15 is 0 Å². The van der Waals surface area contributed by atoms with E-state index < -0.39 is 0 Å². The van der Waals surface area contributed by atoms with Crippen LogP contribution in [0.5, 0.6) is 0 Å². The molecule has 1 aliphatic heterocycles. The van der Waals surface area contributed by atoms with Gasteiger partial charge in [-0.15, -0.1) is 0 Å². The number of esters is 1. The molecule has 0 radical (unpaired) electrons. The third kappa shape index (κ3) is 1.58. The summed E-state index contributed by atoms with van der Waals surface area (Å²) in [6, 6.07) is 0.261. The topological polar surface area (TPSA) is 56.1 Å². The lowest BCUT2D eigenvalue weighted by molar-refractivity contribution is -0.142. The number of rotatable bonds is 1. The summed E-state index contributed by atoms with van der Waals surface area (Å²) in [5, 5.41) is 7.46. The number of hydrogen-bond donors (Lipinski definition) is 1. The quantitative estimate of drug-likeness (QED) is 0.698. The van der Waals surface area contributed by atoms with Gasteiger partial charge in [-0.1, -0.05) is 0 Å². The number of methoxy groups -OCH3 is 1. The Bertz CT molecular complexity index is 386. The highest BCUT2D eigenvalue weighted by Gasteiger charge is 2.32. The summed E-state index contributed by atoms with van der Waals surface area (Å²) < 4.78 is 6.55. The van der Waals surface area contributed by atoms with Crippen LogP contribution in [0.15, 0.2) is 6.20 Å². The van der Waals surface area contributed by atoms with Gasteiger partial charge in [0.1, 0.15) is 5.82 Å². The smallest absolute Gasteiger partial charge is 0.313 e. The highest BCUT2D eigenvalue weighted by atomic mass is 16.5. The third-order valence-corrected chi connectivity index (χ3v) is 2.80. The molecule has 15 heavy (non-hydrogen) atoms. The maximum atomic E-state index is 11.6. The largest absolute Gasteiger partial charge is 0.469 e. The second-order valence-electron chi connectivity index (χ2n) is 3.93. The van der Waals surface area contributed by atoms with Gasteiger partial charge in [-0.2, -0.15) is 5.10 Å². The van der Waals surface area contributed by atoms with Gasteiger partial charge in [0, 0.05) is 18.7 Å². The van der Waals surface area contributed by atoms with Gasteiger partial charge in [0.2, 0.25) is 0 Å². The lowest BCUT2D eigenvalue weighted by Gasteiger charge is -2.27. The van der Waals surface area contributed by atoms with Gasteiger partial charge in [0.15, 0.2) is 0 Å². The molecule has 0 unspecified atom stereocenters. The first-order chi connectivity index (χ1) is 7.13. The number of fused-ring (bicyclic) bond motifs is 1. The zero-order valence-electron chi connectivity index (χ0n) is 9.15. The molecule has 2 rings (SSSR count). The van der Waals surface area contributed by atoms with E-state index in [0.29, 0.717) is 0 Å². The van der Waals surface area contributed by atoms with E-state index in [0.717, 1.165) is 17.8 Å². The van der Waals surface area contributed by atoms with Gasteiger partial charge in [-0.3, -0.25) is 9.48 Å². The molecule has 0 amide bonds. The van der Waals surface area contributed by atoms with Crippen molar-refractivity contribution in [1.29, 1.82) is 0 Å². The fourth-order valence-corrected chi connectivity index (χ4v) is 2.02. The molecule has 0 spiro atoms. The minimum atomic E-state index is -0.185. The van der Waals surface area contributed by atoms with Crippen LogP contribution in [0.3, 0.4) is 0 Å². The van der Waals surface area contributed by atoms with Gasteiger partial charge >= 0.3 is 5.97 Å². The zero-order valence-corrected chi connectivity index (χ0v) is 9.15. The van der Waals surface area contributed by atoms with Crippen molar-refractivity contribution in [2.24, 2.45) is 7.05 Å². The van der Waals surface area contributed by atoms with Crippen LogP contribution in [-0.2, 0) is 16.6 Å². The fourth-order valence-electron chi connectivity index (χ4n) is 2.02. The van der Waals surface area contributed by atoms with E-state index in [9.17, 15) is 4.79 Å². The molecular weight excluding hydrogens is 194 g/mol. The minimum absolute atomic E-state index is 0.183. The first kappa shape index (κ1) is 10.0. The number of hydrogen-bond acceptors (Lipinski definition) is 4. The number of carbonyl (C=O) groups is 1. The summed E-state index contributed by atoms with van der Waals surface area (Å²) in [4.78, 5) is 11.6. The highest BCUT2D eigenvalue weighted by Crippen LogP contribution is 2.34. The first-order valence-electron chi connectivity index (χ1n) is 4.99. The first-order valence-corrected chi connectivity index (χ1v) is 4.99. The standard InChI is InChI=1S/C10H15N3O2/c1-6-4-7(10(14)15-3)8-5-11-13(2)9(8)12-6/h5-7,12H,4H2,1-3H3/t6-,7+/m1/s1. The lowest BCUT2D eigenvalue weighted by atomic mass is 9.91. The average molecular weight is 209 g/mol. The summed E-state index contributed by atoms with van der Waals surface area (Å²) in [7, 11) is 3.28. The van der Waals surface area contributed by atoms with E-state index in [2.05, 4.69) is 10.4 Å². The van der Waals surface area contributed by atoms with Gasteiger partial charge < -0.3 is 10.1 Å². The number of anilines is 1. The molecule has 0 fully saturated rings. The van der Waals surface area contributed by atoms with E-state index in [-0.39, 0.29) is 17.9 Å². The number of nitrogens with one attached hydrogen (secondary N) is 1. The second-order valence-corrected chi connectivity index (χ2v) is 3.93. The van der Waals surface area contributed by atoms with Crippen LogP contribution in [0, 0.1) is 0 Å². The predicted octanol–water partition coefficient (Wildman–Crippen LogP) is 0.881. The fraction of sp³-hybridized carbons (Fsp3) is 0.600. The Balaban J connectivity index is 2.39. The van der Waals surface area contributed by atoms with Crippen molar-refractivity contribution in [1.82, 2.24) is 9.78 Å². The van der Waals surface area contributed by atoms with Crippen LogP contribution in [0.1, 0.15) is 24.8 Å². The zero-order chi connectivity index (χ0) is 11.0. The number of carbonyl (C=O) groups excluding carboxylic acids is 1. The molecule has 0 aromatic carbocycles. The van der Waals surface area contributed by atoms with Crippen LogP contribution in [0.25, 0.3) is 0 Å². The molecule has 1 aromatic rings. The maximum absolute atomic E-state index is 11.6. The Kier molecular flexibility index (Phi) is 2.38. The molecule has 0 bridgehead atoms. The normalized spacial score (nSPS) is 24.2. The monoisotopic (exact) mass is 209 g/mol. The lowest BCUT2D eigenvalue weighted by Crippen LogP contribution is -2.30. The average Bonchev–Trinajstić information content (AvgIpc) is 2.58. The van der Waals surface area contributed by atoms with E-state index in [1.54, 1.807) is 10.9 Å². The number of aryl methyl sites for hydroxylation is 1. The molecule has 1 aromatic heterocycles. The number of aromatic nitrogens is 2. The highest BCUT2D eigenvalue weighted by molar-refractivity contribution is 5.81. The molecule has 82 valence electrons. The summed E-state index contributed by atoms with van der Waals surface area (Å²) in [6.07, 6.45) is 2.49. The molecular formula is C10H15N3O2. The molecule has 5 heteroatoms. The molecule has 0 aliphatic carbocycles. The Morgan fingerprint density at radius 2 is 2.47 bits per heavy atom. The molecule has 0 saturated carbocycles. The SMILES string of the molecule is COC(=O)[C@H]1C[C@@H](C)Nc2c1cnn2C. The van der Waals surface area contributed by atoms with E-state index in [4.69, 9.17) is 4.74 Å². The second kappa shape index (κ2) is 3.56. The number of nitrogens with zero attached hydrogens (tertiary/aromatic N) is 2. The summed E-state index contributed by atoms with van der Waals surface area (Å²) >= 11 is 0. The van der Waals surface area contributed by atoms with E-state index in [1.807, 2.05) is 14.0 Å². The molecule has 0 saturated heterocycles. The van der Waals surface area contributed by atoms with Crippen molar-refractivity contribution >= 4 is 11.8 Å². The summed E-state index contributed by atoms with van der Waals surface area (Å²) in [5.41, 5.74) is 0.933. The summed E-state index contributed by atoms with van der Waals surface area (Å²) in [6.45, 7) is 2.05. The molecule has 1 N–H and O–H groups in total. The van der Waals surface area contributed by atoms with Crippen molar-refractivity contribution in [3.05, 3.63) is 11.8 Å². The Morgan fingerprint density at radius 1 is 1.73 bits per heavy atom. The third-order valence-electron chi connectivity index (χ3n) is 2.80. The van der Waals surface area contributed by atoms with Crippen molar-refractivity contribution in [3.63, 3.8) is 0 Å². The molecule has 1 aliphatic rings. The van der Waals surface area contributed by atoms with Gasteiger partial charge in [0.25, 0.3) is 0 Å². The summed E-state index contributed by atoms with van der Waals surface area (Å²) in [5.74, 6) is 0.552. The molecule has 2 atom stereocenters. The van der Waals surface area contributed by atoms with Gasteiger partial charge in [-0.25, -0.2) is 0 Å². The van der Waals surface area contributed by atoms with Crippen molar-refractivity contribution < 1.29 is 9.53 Å². The maximum Gasteiger partial charge on any atom is 0.313 e. The van der Waals surface area contributed by atoms with Crippen LogP contribution < -0.4 is 5.32 Å². The van der Waals surface area contributed by atoms with Crippen LogP contribution in [0.4, 0.5) is 5.82 Å². The van der Waals surface area contributed by atoms with Crippen molar-refractivity contribution in [3.8, 4) is 0 Å². The predicted molar refractivity (Wildman–Crippen MR) is 55.7 cm³/mol.